The predicted molar refractivity (Wildman–Crippen MR) is 66.5 cm³/mol. The summed E-state index contributed by atoms with van der Waals surface area (Å²) in [6.45, 7) is -0.354. The summed E-state index contributed by atoms with van der Waals surface area (Å²) in [6, 6.07) is 0.235. The van der Waals surface area contributed by atoms with Gasteiger partial charge in [-0.15, -0.1) is 0 Å². The van der Waals surface area contributed by atoms with Gasteiger partial charge in [-0.05, 0) is 12.5 Å². The van der Waals surface area contributed by atoms with Crippen LogP contribution in [0.4, 0.5) is 0 Å². The van der Waals surface area contributed by atoms with Crippen LogP contribution in [0.2, 0.25) is 0 Å². The fraction of sp³-hybridized carbons (Fsp3) is 0.364. The van der Waals surface area contributed by atoms with Gasteiger partial charge in [0.1, 0.15) is 12.6 Å². The SMILES string of the molecule is NC(=O)CCC(NC(=O)Cn1cccnc1=O)C(=O)O. The van der Waals surface area contributed by atoms with E-state index >= 15 is 0 Å². The molecule has 0 saturated heterocycles. The summed E-state index contributed by atoms with van der Waals surface area (Å²) in [5.74, 6) is -2.61. The van der Waals surface area contributed by atoms with E-state index in [-0.39, 0.29) is 19.4 Å². The summed E-state index contributed by atoms with van der Waals surface area (Å²) in [7, 11) is 0. The molecule has 1 atom stereocenters. The topological polar surface area (TPSA) is 144 Å². The smallest absolute Gasteiger partial charge is 0.347 e. The van der Waals surface area contributed by atoms with Gasteiger partial charge >= 0.3 is 11.7 Å². The van der Waals surface area contributed by atoms with Gasteiger partial charge in [0.15, 0.2) is 0 Å². The summed E-state index contributed by atoms with van der Waals surface area (Å²) in [5, 5.41) is 11.1. The Balaban J connectivity index is 2.63. The predicted octanol–water partition coefficient (Wildman–Crippen LogP) is -1.92. The number of nitrogens with two attached hydrogens (primary N) is 1. The Morgan fingerprint density at radius 2 is 2.15 bits per heavy atom. The number of aromatic nitrogens is 2. The van der Waals surface area contributed by atoms with Gasteiger partial charge in [-0.25, -0.2) is 14.6 Å². The fourth-order valence-corrected chi connectivity index (χ4v) is 1.45. The molecule has 1 heterocycles. The lowest BCUT2D eigenvalue weighted by Crippen LogP contribution is -2.43. The molecule has 0 aliphatic carbocycles. The number of carbonyl (C=O) groups is 3. The van der Waals surface area contributed by atoms with Gasteiger partial charge in [-0.3, -0.25) is 14.2 Å². The van der Waals surface area contributed by atoms with E-state index in [4.69, 9.17) is 10.8 Å². The number of hydrogen-bond donors (Lipinski definition) is 3. The molecule has 9 heteroatoms. The highest BCUT2D eigenvalue weighted by Crippen LogP contribution is 1.97. The van der Waals surface area contributed by atoms with E-state index in [1.165, 1.54) is 18.5 Å². The number of carboxylic acid groups (broad SMARTS) is 1. The van der Waals surface area contributed by atoms with Crippen LogP contribution in [0.5, 0.6) is 0 Å². The molecule has 0 spiro atoms. The second-order valence-corrected chi connectivity index (χ2v) is 3.99. The van der Waals surface area contributed by atoms with Crippen LogP contribution >= 0.6 is 0 Å². The Bertz CT molecular complexity index is 568. The van der Waals surface area contributed by atoms with Gasteiger partial charge in [0, 0.05) is 18.8 Å². The van der Waals surface area contributed by atoms with Crippen LogP contribution in [0, 0.1) is 0 Å². The average molecular weight is 282 g/mol. The molecular formula is C11H14N4O5. The van der Waals surface area contributed by atoms with E-state index in [0.29, 0.717) is 0 Å². The van der Waals surface area contributed by atoms with Gasteiger partial charge in [0.05, 0.1) is 0 Å². The molecular weight excluding hydrogens is 268 g/mol. The van der Waals surface area contributed by atoms with Crippen molar-refractivity contribution in [2.45, 2.75) is 25.4 Å². The second-order valence-electron chi connectivity index (χ2n) is 3.99. The molecule has 1 unspecified atom stereocenters. The lowest BCUT2D eigenvalue weighted by Gasteiger charge is -2.14. The minimum atomic E-state index is -1.28. The van der Waals surface area contributed by atoms with Crippen molar-refractivity contribution in [3.05, 3.63) is 28.9 Å². The maximum atomic E-state index is 11.6. The third kappa shape index (κ3) is 4.88. The number of nitrogens with one attached hydrogen (secondary N) is 1. The average Bonchev–Trinajstić information content (AvgIpc) is 2.36. The lowest BCUT2D eigenvalue weighted by atomic mass is 10.1. The molecule has 20 heavy (non-hydrogen) atoms. The summed E-state index contributed by atoms with van der Waals surface area (Å²) in [4.78, 5) is 47.9. The first kappa shape index (κ1) is 15.3. The zero-order valence-corrected chi connectivity index (χ0v) is 10.5. The van der Waals surface area contributed by atoms with Crippen LogP contribution < -0.4 is 16.7 Å². The standard InChI is InChI=1S/C11H14N4O5/c12-8(16)3-2-7(10(18)19)14-9(17)6-15-5-1-4-13-11(15)20/h1,4-5,7H,2-3,6H2,(H2,12,16)(H,14,17)(H,18,19). The van der Waals surface area contributed by atoms with Crippen LogP contribution in [-0.2, 0) is 20.9 Å². The molecule has 1 aromatic rings. The normalized spacial score (nSPS) is 11.6. The van der Waals surface area contributed by atoms with Crippen LogP contribution in [0.15, 0.2) is 23.3 Å². The Morgan fingerprint density at radius 1 is 1.45 bits per heavy atom. The van der Waals surface area contributed by atoms with Crippen molar-refractivity contribution in [3.63, 3.8) is 0 Å². The Hall–Kier alpha value is -2.71. The van der Waals surface area contributed by atoms with E-state index in [1.54, 1.807) is 0 Å². The Labute approximate surface area is 113 Å². The Morgan fingerprint density at radius 3 is 2.70 bits per heavy atom. The number of hydrogen-bond acceptors (Lipinski definition) is 5. The highest BCUT2D eigenvalue weighted by Gasteiger charge is 2.20. The number of carbonyl (C=O) groups excluding carboxylic acids is 2. The van der Waals surface area contributed by atoms with Crippen molar-refractivity contribution in [1.82, 2.24) is 14.9 Å². The van der Waals surface area contributed by atoms with E-state index in [0.717, 1.165) is 4.57 Å². The molecule has 9 nitrogen and oxygen atoms in total. The third-order valence-corrected chi connectivity index (χ3v) is 2.41. The third-order valence-electron chi connectivity index (χ3n) is 2.41. The summed E-state index contributed by atoms with van der Waals surface area (Å²) in [6.07, 6.45) is 2.36. The second kappa shape index (κ2) is 7.02. The summed E-state index contributed by atoms with van der Waals surface area (Å²) < 4.78 is 1.03. The maximum absolute atomic E-state index is 11.6. The molecule has 0 aliphatic heterocycles. The molecule has 2 amide bonds. The van der Waals surface area contributed by atoms with Crippen molar-refractivity contribution >= 4 is 17.8 Å². The van der Waals surface area contributed by atoms with Crippen LogP contribution in [0.3, 0.4) is 0 Å². The zero-order valence-electron chi connectivity index (χ0n) is 10.5. The molecule has 0 aliphatic rings. The fourth-order valence-electron chi connectivity index (χ4n) is 1.45. The van der Waals surface area contributed by atoms with Gasteiger partial charge in [0.2, 0.25) is 11.8 Å². The molecule has 4 N–H and O–H groups in total. The van der Waals surface area contributed by atoms with E-state index < -0.39 is 29.5 Å². The molecule has 0 fully saturated rings. The molecule has 1 rings (SSSR count). The molecule has 0 aromatic carbocycles. The van der Waals surface area contributed by atoms with Gasteiger partial charge in [-0.2, -0.15) is 0 Å². The number of rotatable bonds is 7. The highest BCUT2D eigenvalue weighted by molar-refractivity contribution is 5.84. The van der Waals surface area contributed by atoms with Gasteiger partial charge < -0.3 is 16.2 Å². The van der Waals surface area contributed by atoms with E-state index in [1.807, 2.05) is 0 Å². The molecule has 108 valence electrons. The monoisotopic (exact) mass is 282 g/mol. The molecule has 0 saturated carbocycles. The van der Waals surface area contributed by atoms with Crippen LogP contribution in [0.1, 0.15) is 12.8 Å². The van der Waals surface area contributed by atoms with E-state index in [9.17, 15) is 19.2 Å². The number of amides is 2. The first-order valence-corrected chi connectivity index (χ1v) is 5.72. The number of primary amides is 1. The number of carboxylic acids is 1. The number of aliphatic carboxylic acids is 1. The van der Waals surface area contributed by atoms with Crippen molar-refractivity contribution in [2.24, 2.45) is 5.73 Å². The highest BCUT2D eigenvalue weighted by atomic mass is 16.4. The maximum Gasteiger partial charge on any atom is 0.347 e. The largest absolute Gasteiger partial charge is 0.480 e. The lowest BCUT2D eigenvalue weighted by molar-refractivity contribution is -0.142. The van der Waals surface area contributed by atoms with Crippen LogP contribution in [0.25, 0.3) is 0 Å². The number of nitrogens with zero attached hydrogens (tertiary/aromatic N) is 2. The molecule has 1 aromatic heterocycles. The first-order valence-electron chi connectivity index (χ1n) is 5.72. The van der Waals surface area contributed by atoms with Gasteiger partial charge in [0.25, 0.3) is 0 Å². The Kier molecular flexibility index (Phi) is 5.39. The van der Waals surface area contributed by atoms with Gasteiger partial charge in [-0.1, -0.05) is 0 Å². The quantitative estimate of drug-likeness (QED) is 0.531. The minimum absolute atomic E-state index is 0.113. The molecule has 0 bridgehead atoms. The minimum Gasteiger partial charge on any atom is -0.480 e. The van der Waals surface area contributed by atoms with E-state index in [2.05, 4.69) is 10.3 Å². The van der Waals surface area contributed by atoms with Crippen LogP contribution in [-0.4, -0.2) is 38.5 Å². The van der Waals surface area contributed by atoms with Crippen molar-refractivity contribution in [3.8, 4) is 0 Å². The van der Waals surface area contributed by atoms with Crippen molar-refractivity contribution in [1.29, 1.82) is 0 Å². The first-order chi connectivity index (χ1) is 9.40. The zero-order chi connectivity index (χ0) is 15.1. The summed E-state index contributed by atoms with van der Waals surface area (Å²) in [5.41, 5.74) is 4.30. The molecule has 0 radical (unpaired) electrons. The van der Waals surface area contributed by atoms with Crippen molar-refractivity contribution < 1.29 is 19.5 Å². The van der Waals surface area contributed by atoms with Crippen molar-refractivity contribution in [2.75, 3.05) is 0 Å². The summed E-state index contributed by atoms with van der Waals surface area (Å²) >= 11 is 0.